The second-order valence-electron chi connectivity index (χ2n) is 5.27. The van der Waals surface area contributed by atoms with Crippen LogP contribution in [0, 0.1) is 0 Å². The van der Waals surface area contributed by atoms with Crippen molar-refractivity contribution in [2.45, 2.75) is 42.2 Å². The van der Waals surface area contributed by atoms with Crippen LogP contribution in [0.1, 0.15) is 24.1 Å². The summed E-state index contributed by atoms with van der Waals surface area (Å²) >= 11 is 1.36. The summed E-state index contributed by atoms with van der Waals surface area (Å²) in [6.45, 7) is 1.69. The van der Waals surface area contributed by atoms with Crippen molar-refractivity contribution < 1.29 is 13.2 Å². The van der Waals surface area contributed by atoms with Crippen LogP contribution < -0.4 is 5.32 Å². The van der Waals surface area contributed by atoms with Crippen LogP contribution in [0.25, 0.3) is 0 Å². The van der Waals surface area contributed by atoms with Crippen molar-refractivity contribution in [3.63, 3.8) is 0 Å². The van der Waals surface area contributed by atoms with Gasteiger partial charge in [-0.1, -0.05) is 0 Å². The van der Waals surface area contributed by atoms with Gasteiger partial charge in [0, 0.05) is 18.0 Å². The summed E-state index contributed by atoms with van der Waals surface area (Å²) in [7, 11) is -1.51. The lowest BCUT2D eigenvalue weighted by molar-refractivity contribution is -0.0241. The smallest absolute Gasteiger partial charge is 0.252 e. The van der Waals surface area contributed by atoms with Crippen LogP contribution in [0.15, 0.2) is 16.3 Å². The number of rotatable bonds is 4. The Hall–Kier alpha value is -0.470. The molecule has 1 aromatic rings. The average molecular weight is 316 g/mol. The molecule has 7 heteroatoms. The minimum absolute atomic E-state index is 0.0311. The molecule has 0 spiro atoms. The van der Waals surface area contributed by atoms with E-state index in [9.17, 15) is 8.42 Å². The zero-order chi connectivity index (χ0) is 14.2. The molecule has 0 amide bonds. The van der Waals surface area contributed by atoms with E-state index in [2.05, 4.69) is 5.32 Å². The zero-order valence-electron chi connectivity index (χ0n) is 11.5. The Kier molecular flexibility index (Phi) is 4.14. The normalized spacial score (nSPS) is 27.6. The first-order valence-corrected chi connectivity index (χ1v) is 9.25. The van der Waals surface area contributed by atoms with Gasteiger partial charge in [-0.05, 0) is 38.4 Å². The van der Waals surface area contributed by atoms with Gasteiger partial charge in [0.2, 0.25) is 0 Å². The van der Waals surface area contributed by atoms with Gasteiger partial charge in [0.05, 0.1) is 18.8 Å². The third-order valence-corrected chi connectivity index (χ3v) is 7.46. The molecule has 2 heterocycles. The summed E-state index contributed by atoms with van der Waals surface area (Å²) in [5, 5.41) is 3.05. The van der Waals surface area contributed by atoms with E-state index in [-0.39, 0.29) is 12.1 Å². The van der Waals surface area contributed by atoms with Crippen molar-refractivity contribution >= 4 is 21.4 Å². The van der Waals surface area contributed by atoms with Gasteiger partial charge in [0.25, 0.3) is 10.0 Å². The molecule has 5 nitrogen and oxygen atoms in total. The molecular weight excluding hydrogens is 296 g/mol. The lowest BCUT2D eigenvalue weighted by Gasteiger charge is -2.36. The second kappa shape index (κ2) is 5.73. The van der Waals surface area contributed by atoms with Gasteiger partial charge in [-0.2, -0.15) is 4.31 Å². The molecule has 2 atom stereocenters. The van der Waals surface area contributed by atoms with Crippen LogP contribution in [0.5, 0.6) is 0 Å². The number of thiophene rings is 1. The highest BCUT2D eigenvalue weighted by Gasteiger charge is 2.42. The van der Waals surface area contributed by atoms with Crippen LogP contribution in [0.4, 0.5) is 0 Å². The number of fused-ring (bicyclic) bond motifs is 1. The van der Waals surface area contributed by atoms with E-state index in [1.54, 1.807) is 10.4 Å². The Morgan fingerprint density at radius 2 is 2.30 bits per heavy atom. The largest absolute Gasteiger partial charge is 0.375 e. The SMILES string of the molecule is CNCc1ccc(S(=O)(=O)N2CCOC3CCCC32)s1. The van der Waals surface area contributed by atoms with E-state index in [0.29, 0.717) is 23.9 Å². The quantitative estimate of drug-likeness (QED) is 0.912. The first-order chi connectivity index (χ1) is 9.63. The first-order valence-electron chi connectivity index (χ1n) is 6.99. The van der Waals surface area contributed by atoms with Crippen LogP contribution in [0.2, 0.25) is 0 Å². The van der Waals surface area contributed by atoms with Crippen LogP contribution in [0.3, 0.4) is 0 Å². The summed E-state index contributed by atoms with van der Waals surface area (Å²) in [5.74, 6) is 0. The highest BCUT2D eigenvalue weighted by atomic mass is 32.2. The molecule has 1 saturated heterocycles. The number of nitrogens with zero attached hydrogens (tertiary/aromatic N) is 1. The zero-order valence-corrected chi connectivity index (χ0v) is 13.2. The molecule has 2 unspecified atom stereocenters. The predicted molar refractivity (Wildman–Crippen MR) is 78.4 cm³/mol. The highest BCUT2D eigenvalue weighted by molar-refractivity contribution is 7.91. The number of ether oxygens (including phenoxy) is 1. The molecule has 1 saturated carbocycles. The Labute approximate surface area is 124 Å². The van der Waals surface area contributed by atoms with Gasteiger partial charge in [0.15, 0.2) is 0 Å². The summed E-state index contributed by atoms with van der Waals surface area (Å²) in [6, 6.07) is 3.65. The molecule has 112 valence electrons. The number of hydrogen-bond donors (Lipinski definition) is 1. The van der Waals surface area contributed by atoms with Crippen molar-refractivity contribution in [2.24, 2.45) is 0 Å². The molecule has 2 aliphatic rings. The molecule has 1 aromatic heterocycles. The molecule has 0 aromatic carbocycles. The highest BCUT2D eigenvalue weighted by Crippen LogP contribution is 2.35. The number of morpholine rings is 1. The van der Waals surface area contributed by atoms with E-state index in [4.69, 9.17) is 4.74 Å². The van der Waals surface area contributed by atoms with E-state index in [1.165, 1.54) is 11.3 Å². The van der Waals surface area contributed by atoms with E-state index in [1.807, 2.05) is 13.1 Å². The Balaban J connectivity index is 1.86. The maximum atomic E-state index is 12.8. The third kappa shape index (κ3) is 2.53. The second-order valence-corrected chi connectivity index (χ2v) is 8.56. The average Bonchev–Trinajstić information content (AvgIpc) is 3.06. The van der Waals surface area contributed by atoms with Crippen LogP contribution >= 0.6 is 11.3 Å². The molecular formula is C13H20N2O3S2. The van der Waals surface area contributed by atoms with Crippen molar-refractivity contribution in [1.82, 2.24) is 9.62 Å². The molecule has 0 radical (unpaired) electrons. The number of sulfonamides is 1. The minimum Gasteiger partial charge on any atom is -0.375 e. The molecule has 0 bridgehead atoms. The van der Waals surface area contributed by atoms with Gasteiger partial charge >= 0.3 is 0 Å². The minimum atomic E-state index is -3.37. The topological polar surface area (TPSA) is 58.6 Å². The Bertz CT molecular complexity index is 570. The van der Waals surface area contributed by atoms with Gasteiger partial charge in [-0.3, -0.25) is 0 Å². The molecule has 1 aliphatic heterocycles. The Morgan fingerprint density at radius 1 is 1.45 bits per heavy atom. The van der Waals surface area contributed by atoms with Gasteiger partial charge in [-0.15, -0.1) is 11.3 Å². The van der Waals surface area contributed by atoms with E-state index < -0.39 is 10.0 Å². The number of hydrogen-bond acceptors (Lipinski definition) is 5. The molecule has 20 heavy (non-hydrogen) atoms. The monoisotopic (exact) mass is 316 g/mol. The van der Waals surface area contributed by atoms with Crippen LogP contribution in [-0.2, 0) is 21.3 Å². The van der Waals surface area contributed by atoms with Gasteiger partial charge in [0.1, 0.15) is 4.21 Å². The van der Waals surface area contributed by atoms with Gasteiger partial charge < -0.3 is 10.1 Å². The lowest BCUT2D eigenvalue weighted by atomic mass is 10.2. The van der Waals surface area contributed by atoms with Crippen molar-refractivity contribution in [2.75, 3.05) is 20.2 Å². The summed E-state index contributed by atoms with van der Waals surface area (Å²) < 4.78 is 33.4. The van der Waals surface area contributed by atoms with Crippen molar-refractivity contribution in [3.8, 4) is 0 Å². The predicted octanol–water partition coefficient (Wildman–Crippen LogP) is 1.41. The Morgan fingerprint density at radius 3 is 3.10 bits per heavy atom. The number of nitrogens with one attached hydrogen (secondary N) is 1. The molecule has 3 rings (SSSR count). The molecule has 1 aliphatic carbocycles. The lowest BCUT2D eigenvalue weighted by Crippen LogP contribution is -2.50. The summed E-state index contributed by atoms with van der Waals surface area (Å²) in [5.41, 5.74) is 0. The van der Waals surface area contributed by atoms with Crippen molar-refractivity contribution in [3.05, 3.63) is 17.0 Å². The maximum absolute atomic E-state index is 12.8. The molecule has 2 fully saturated rings. The van der Waals surface area contributed by atoms with E-state index in [0.717, 1.165) is 24.1 Å². The molecule has 1 N–H and O–H groups in total. The summed E-state index contributed by atoms with van der Waals surface area (Å²) in [6.07, 6.45) is 3.04. The van der Waals surface area contributed by atoms with Gasteiger partial charge in [-0.25, -0.2) is 8.42 Å². The third-order valence-electron chi connectivity index (χ3n) is 3.98. The standard InChI is InChI=1S/C13H20N2O3S2/c1-14-9-10-5-6-13(19-10)20(16,17)15-7-8-18-12-4-2-3-11(12)15/h5-6,11-12,14H,2-4,7-9H2,1H3. The maximum Gasteiger partial charge on any atom is 0.252 e. The van der Waals surface area contributed by atoms with Crippen molar-refractivity contribution in [1.29, 1.82) is 0 Å². The summed E-state index contributed by atoms with van der Waals surface area (Å²) in [4.78, 5) is 1.04. The van der Waals surface area contributed by atoms with E-state index >= 15 is 0 Å². The fourth-order valence-electron chi connectivity index (χ4n) is 3.07. The van der Waals surface area contributed by atoms with Crippen LogP contribution in [-0.4, -0.2) is 45.1 Å². The fourth-order valence-corrected chi connectivity index (χ4v) is 6.23. The first kappa shape index (κ1) is 14.5. The fraction of sp³-hybridized carbons (Fsp3) is 0.692.